The molecule has 6 aromatic carbocycles. The summed E-state index contributed by atoms with van der Waals surface area (Å²) in [5.41, 5.74) is 18.2. The van der Waals surface area contributed by atoms with Crippen LogP contribution in [0.3, 0.4) is 0 Å². The molecule has 10 rings (SSSR count). The van der Waals surface area contributed by atoms with Crippen LogP contribution in [-0.4, -0.2) is 6.04 Å². The lowest BCUT2D eigenvalue weighted by Gasteiger charge is -2.32. The first-order valence-corrected chi connectivity index (χ1v) is 18.0. The zero-order valence-corrected chi connectivity index (χ0v) is 29.1. The summed E-state index contributed by atoms with van der Waals surface area (Å²) in [6.07, 6.45) is 9.08. The summed E-state index contributed by atoms with van der Waals surface area (Å²) in [6, 6.07) is 50.4. The van der Waals surface area contributed by atoms with Gasteiger partial charge in [0.15, 0.2) is 0 Å². The summed E-state index contributed by atoms with van der Waals surface area (Å²) in [6.45, 7) is 9.47. The van der Waals surface area contributed by atoms with Gasteiger partial charge < -0.3 is 9.80 Å². The molecule has 0 aromatic heterocycles. The van der Waals surface area contributed by atoms with Crippen LogP contribution in [0.25, 0.3) is 22.3 Å². The quantitative estimate of drug-likeness (QED) is 0.188. The van der Waals surface area contributed by atoms with Crippen molar-refractivity contribution in [2.75, 3.05) is 9.80 Å². The lowest BCUT2D eigenvalue weighted by Crippen LogP contribution is -2.28. The summed E-state index contributed by atoms with van der Waals surface area (Å²) < 4.78 is 0. The number of fused-ring (bicyclic) bond motifs is 9. The molecule has 2 heteroatoms. The number of hydrogen-bond donors (Lipinski definition) is 0. The molecule has 3 aliphatic carbocycles. The Bertz CT molecular complexity index is 2410. The summed E-state index contributed by atoms with van der Waals surface area (Å²) in [4.78, 5) is 5.02. The molecule has 0 saturated carbocycles. The van der Waals surface area contributed by atoms with Gasteiger partial charge >= 0.3 is 0 Å². The van der Waals surface area contributed by atoms with E-state index in [1.54, 1.807) is 0 Å². The second-order valence-electron chi connectivity index (χ2n) is 15.3. The second kappa shape index (κ2) is 10.5. The minimum absolute atomic E-state index is 0.0827. The van der Waals surface area contributed by atoms with Gasteiger partial charge in [0.25, 0.3) is 0 Å². The van der Waals surface area contributed by atoms with Crippen LogP contribution in [-0.2, 0) is 10.8 Å². The van der Waals surface area contributed by atoms with E-state index in [0.717, 1.165) is 5.69 Å². The van der Waals surface area contributed by atoms with E-state index in [1.165, 1.54) is 72.8 Å². The highest BCUT2D eigenvalue weighted by atomic mass is 15.2. The Hall–Kier alpha value is -5.60. The van der Waals surface area contributed by atoms with Crippen LogP contribution in [0.15, 0.2) is 158 Å². The van der Waals surface area contributed by atoms with Crippen molar-refractivity contribution in [3.8, 4) is 22.3 Å². The third-order valence-electron chi connectivity index (χ3n) is 12.0. The smallest absolute Gasteiger partial charge is 0.0629 e. The lowest BCUT2D eigenvalue weighted by molar-refractivity contribution is 0.660. The van der Waals surface area contributed by atoms with Gasteiger partial charge in [0.1, 0.15) is 0 Å². The Balaban J connectivity index is 1.16. The largest absolute Gasteiger partial charge is 0.333 e. The van der Waals surface area contributed by atoms with Crippen molar-refractivity contribution in [2.24, 2.45) is 0 Å². The van der Waals surface area contributed by atoms with Gasteiger partial charge in [0.2, 0.25) is 0 Å². The molecule has 0 N–H and O–H groups in total. The standard InChI is InChI=1S/C48H40N2/c1-47(2)40-19-10-6-17-38(40)46-41(47)20-13-23-45(46)49(33-28-29-35-34-14-5-9-18-39(34)48(3,4)42(35)30-33)31-24-26-32(27-25-31)50-43-21-11-7-15-36(43)37-16-8-12-22-44(37)50/h5-30,36,43H,1-4H3. The van der Waals surface area contributed by atoms with Gasteiger partial charge in [-0.05, 0) is 93.0 Å². The van der Waals surface area contributed by atoms with Crippen molar-refractivity contribution in [2.45, 2.75) is 50.5 Å². The molecular formula is C48H40N2. The van der Waals surface area contributed by atoms with Crippen LogP contribution in [0.1, 0.15) is 61.4 Å². The Kier molecular flexibility index (Phi) is 6.13. The van der Waals surface area contributed by atoms with Crippen LogP contribution in [0.5, 0.6) is 0 Å². The van der Waals surface area contributed by atoms with E-state index in [-0.39, 0.29) is 16.9 Å². The van der Waals surface area contributed by atoms with Crippen LogP contribution >= 0.6 is 0 Å². The molecule has 0 spiro atoms. The molecule has 242 valence electrons. The average Bonchev–Trinajstić information content (AvgIpc) is 3.70. The number of allylic oxidation sites excluding steroid dienone is 2. The first kappa shape index (κ1) is 29.3. The summed E-state index contributed by atoms with van der Waals surface area (Å²) >= 11 is 0. The van der Waals surface area contributed by atoms with Crippen molar-refractivity contribution in [1.29, 1.82) is 0 Å². The Morgan fingerprint density at radius 2 is 1.14 bits per heavy atom. The van der Waals surface area contributed by atoms with E-state index in [0.29, 0.717) is 5.92 Å². The highest BCUT2D eigenvalue weighted by Gasteiger charge is 2.40. The third kappa shape index (κ3) is 3.96. The molecule has 2 atom stereocenters. The molecule has 0 radical (unpaired) electrons. The van der Waals surface area contributed by atoms with Crippen molar-refractivity contribution in [3.05, 3.63) is 186 Å². The zero-order valence-electron chi connectivity index (χ0n) is 29.1. The summed E-state index contributed by atoms with van der Waals surface area (Å²) in [5.74, 6) is 0.363. The van der Waals surface area contributed by atoms with Crippen molar-refractivity contribution in [3.63, 3.8) is 0 Å². The fourth-order valence-electron chi connectivity index (χ4n) is 9.53. The molecule has 0 bridgehead atoms. The number of benzene rings is 6. The van der Waals surface area contributed by atoms with Gasteiger partial charge in [0, 0.05) is 45.1 Å². The van der Waals surface area contributed by atoms with E-state index >= 15 is 0 Å². The molecule has 0 saturated heterocycles. The Morgan fingerprint density at radius 1 is 0.520 bits per heavy atom. The molecule has 4 aliphatic rings. The van der Waals surface area contributed by atoms with E-state index < -0.39 is 0 Å². The topological polar surface area (TPSA) is 6.48 Å². The highest BCUT2D eigenvalue weighted by molar-refractivity contribution is 5.96. The summed E-state index contributed by atoms with van der Waals surface area (Å²) in [5, 5.41) is 0. The van der Waals surface area contributed by atoms with E-state index in [9.17, 15) is 0 Å². The average molecular weight is 645 g/mol. The number of hydrogen-bond acceptors (Lipinski definition) is 2. The van der Waals surface area contributed by atoms with Crippen molar-refractivity contribution in [1.82, 2.24) is 0 Å². The Morgan fingerprint density at radius 3 is 1.96 bits per heavy atom. The number of nitrogens with zero attached hydrogens (tertiary/aromatic N) is 2. The van der Waals surface area contributed by atoms with Gasteiger partial charge in [-0.15, -0.1) is 0 Å². The fourth-order valence-corrected chi connectivity index (χ4v) is 9.53. The number of rotatable bonds is 4. The van der Waals surface area contributed by atoms with Gasteiger partial charge in [-0.3, -0.25) is 0 Å². The molecule has 2 unspecified atom stereocenters. The SMILES string of the molecule is CC1(C)c2ccccc2-c2ccc(N(c3ccc(N4c5ccccc5C5C=CC=CC54)cc3)c3cccc4c3-c3ccccc3C4(C)C)cc21. The molecular weight excluding hydrogens is 605 g/mol. The lowest BCUT2D eigenvalue weighted by atomic mass is 9.82. The maximum Gasteiger partial charge on any atom is 0.0629 e. The molecule has 6 aromatic rings. The number of anilines is 5. The van der Waals surface area contributed by atoms with Gasteiger partial charge in [-0.1, -0.05) is 137 Å². The molecule has 50 heavy (non-hydrogen) atoms. The predicted molar refractivity (Wildman–Crippen MR) is 210 cm³/mol. The maximum atomic E-state index is 2.52. The van der Waals surface area contributed by atoms with Crippen molar-refractivity contribution >= 4 is 28.4 Å². The van der Waals surface area contributed by atoms with Crippen LogP contribution in [0.2, 0.25) is 0 Å². The first-order chi connectivity index (χ1) is 24.3. The van der Waals surface area contributed by atoms with E-state index in [2.05, 4.69) is 195 Å². The normalized spacial score (nSPS) is 19.3. The fraction of sp³-hybridized carbons (Fsp3) is 0.167. The van der Waals surface area contributed by atoms with E-state index in [4.69, 9.17) is 0 Å². The predicted octanol–water partition coefficient (Wildman–Crippen LogP) is 12.5. The first-order valence-electron chi connectivity index (χ1n) is 18.0. The minimum atomic E-state index is -0.0909. The highest BCUT2D eigenvalue weighted by Crippen LogP contribution is 2.56. The zero-order chi connectivity index (χ0) is 33.8. The van der Waals surface area contributed by atoms with Crippen LogP contribution in [0.4, 0.5) is 28.4 Å². The number of para-hydroxylation sites is 1. The summed E-state index contributed by atoms with van der Waals surface area (Å²) in [7, 11) is 0. The van der Waals surface area contributed by atoms with Crippen LogP contribution < -0.4 is 9.80 Å². The minimum Gasteiger partial charge on any atom is -0.333 e. The molecule has 0 amide bonds. The van der Waals surface area contributed by atoms with Gasteiger partial charge in [-0.25, -0.2) is 0 Å². The third-order valence-corrected chi connectivity index (χ3v) is 12.0. The van der Waals surface area contributed by atoms with Crippen molar-refractivity contribution < 1.29 is 0 Å². The van der Waals surface area contributed by atoms with E-state index in [1.807, 2.05) is 0 Å². The Labute approximate surface area is 295 Å². The monoisotopic (exact) mass is 644 g/mol. The maximum absolute atomic E-state index is 2.52. The molecule has 0 fully saturated rings. The second-order valence-corrected chi connectivity index (χ2v) is 15.3. The molecule has 1 aliphatic heterocycles. The molecule has 1 heterocycles. The van der Waals surface area contributed by atoms with Gasteiger partial charge in [-0.2, -0.15) is 0 Å². The molecule has 2 nitrogen and oxygen atoms in total. The van der Waals surface area contributed by atoms with Crippen LogP contribution in [0, 0.1) is 0 Å². The van der Waals surface area contributed by atoms with Gasteiger partial charge in [0.05, 0.1) is 11.7 Å².